The molecule has 2 aliphatic heterocycles. The molecule has 0 unspecified atom stereocenters. The van der Waals surface area contributed by atoms with Crippen molar-refractivity contribution in [1.29, 1.82) is 5.26 Å². The van der Waals surface area contributed by atoms with Crippen LogP contribution >= 0.6 is 11.8 Å². The summed E-state index contributed by atoms with van der Waals surface area (Å²) in [6.07, 6.45) is 1.35. The van der Waals surface area contributed by atoms with Crippen LogP contribution < -0.4 is 0 Å². The largest absolute Gasteiger partial charge is 0.292 e. The first-order chi connectivity index (χ1) is 12.0. The number of nitriles is 1. The van der Waals surface area contributed by atoms with E-state index < -0.39 is 0 Å². The first kappa shape index (κ1) is 18.0. The molecule has 0 aliphatic carbocycles. The van der Waals surface area contributed by atoms with E-state index in [1.807, 2.05) is 0 Å². The Morgan fingerprint density at radius 2 is 2.08 bits per heavy atom. The molecule has 1 aromatic rings. The average Bonchev–Trinajstić information content (AvgIpc) is 2.60. The summed E-state index contributed by atoms with van der Waals surface area (Å²) in [6.45, 7) is 5.88. The number of nitrogens with zero attached hydrogens (tertiary/aromatic N) is 3. The lowest BCUT2D eigenvalue weighted by Crippen LogP contribution is -2.47. The van der Waals surface area contributed by atoms with Crippen molar-refractivity contribution in [1.82, 2.24) is 9.80 Å². The van der Waals surface area contributed by atoms with Crippen molar-refractivity contribution in [3.05, 3.63) is 46.2 Å². The number of carbonyl (C=O) groups excluding carboxylic acids is 1. The molecule has 0 saturated carbocycles. The number of benzene rings is 1. The Bertz CT molecular complexity index is 723. The lowest BCUT2D eigenvalue weighted by molar-refractivity contribution is -0.131. The topological polar surface area (TPSA) is 47.3 Å². The van der Waals surface area contributed by atoms with E-state index in [9.17, 15) is 14.4 Å². The maximum Gasteiger partial charge on any atom is 0.229 e. The maximum absolute atomic E-state index is 13.2. The van der Waals surface area contributed by atoms with E-state index in [4.69, 9.17) is 0 Å². The predicted molar refractivity (Wildman–Crippen MR) is 96.7 cm³/mol. The second kappa shape index (κ2) is 7.59. The van der Waals surface area contributed by atoms with Crippen molar-refractivity contribution < 1.29 is 9.18 Å². The van der Waals surface area contributed by atoms with Crippen LogP contribution in [0.15, 0.2) is 34.9 Å². The van der Waals surface area contributed by atoms with Crippen LogP contribution in [0.3, 0.4) is 0 Å². The smallest absolute Gasteiger partial charge is 0.229 e. The highest BCUT2D eigenvalue weighted by molar-refractivity contribution is 8.03. The second-order valence-electron chi connectivity index (χ2n) is 6.95. The number of rotatable bonds is 4. The fraction of sp³-hybridized carbons (Fsp3) is 0.474. The first-order valence-electron chi connectivity index (χ1n) is 8.55. The standard InChI is InChI=1S/C19H22FN3OS/c1-13(2)7-8-22-11-23-18(24)9-16(14-3-5-15(20)6-4-14)17(10-21)19(23)25-12-22/h3-6,13,16H,7-9,11-12H2,1-2H3/t16-/m1/s1. The molecule has 1 fully saturated rings. The van der Waals surface area contributed by atoms with Crippen molar-refractivity contribution >= 4 is 17.7 Å². The van der Waals surface area contributed by atoms with E-state index in [-0.39, 0.29) is 24.1 Å². The van der Waals surface area contributed by atoms with Crippen LogP contribution in [0.2, 0.25) is 0 Å². The van der Waals surface area contributed by atoms with Gasteiger partial charge in [0.15, 0.2) is 0 Å². The van der Waals surface area contributed by atoms with Gasteiger partial charge in [0.1, 0.15) is 5.82 Å². The van der Waals surface area contributed by atoms with Gasteiger partial charge in [-0.05, 0) is 30.0 Å². The summed E-state index contributed by atoms with van der Waals surface area (Å²) in [7, 11) is 0. The SMILES string of the molecule is CC(C)CCN1CSC2=C(C#N)[C@@H](c3ccc(F)cc3)CC(=O)N2C1. The minimum absolute atomic E-state index is 0.0325. The maximum atomic E-state index is 13.2. The molecule has 4 nitrogen and oxygen atoms in total. The van der Waals surface area contributed by atoms with Gasteiger partial charge in [-0.1, -0.05) is 37.7 Å². The van der Waals surface area contributed by atoms with Crippen LogP contribution in [0.4, 0.5) is 4.39 Å². The van der Waals surface area contributed by atoms with E-state index >= 15 is 0 Å². The highest BCUT2D eigenvalue weighted by atomic mass is 32.2. The molecule has 0 aromatic heterocycles. The van der Waals surface area contributed by atoms with Gasteiger partial charge in [-0.15, -0.1) is 0 Å². The number of carbonyl (C=O) groups is 1. The summed E-state index contributed by atoms with van der Waals surface area (Å²) in [5, 5.41) is 10.5. The Balaban J connectivity index is 1.84. The summed E-state index contributed by atoms with van der Waals surface area (Å²) >= 11 is 1.56. The normalized spacial score (nSPS) is 21.5. The number of hydrogen-bond acceptors (Lipinski definition) is 4. The van der Waals surface area contributed by atoms with Crippen molar-refractivity contribution in [3.63, 3.8) is 0 Å². The number of hydrogen-bond donors (Lipinski definition) is 0. The van der Waals surface area contributed by atoms with Gasteiger partial charge in [-0.2, -0.15) is 5.26 Å². The Kier molecular flexibility index (Phi) is 5.45. The number of amides is 1. The van der Waals surface area contributed by atoms with E-state index in [2.05, 4.69) is 24.8 Å². The minimum atomic E-state index is -0.313. The number of allylic oxidation sites excluding steroid dienone is 1. The Labute approximate surface area is 152 Å². The minimum Gasteiger partial charge on any atom is -0.292 e. The van der Waals surface area contributed by atoms with Gasteiger partial charge in [0, 0.05) is 18.9 Å². The molecule has 6 heteroatoms. The zero-order chi connectivity index (χ0) is 18.0. The molecule has 0 bridgehead atoms. The first-order valence-corrected chi connectivity index (χ1v) is 9.53. The van der Waals surface area contributed by atoms with Crippen molar-refractivity contribution in [2.75, 3.05) is 19.1 Å². The lowest BCUT2D eigenvalue weighted by atomic mass is 9.86. The van der Waals surface area contributed by atoms with Gasteiger partial charge in [-0.25, -0.2) is 4.39 Å². The highest BCUT2D eigenvalue weighted by Crippen LogP contribution is 2.42. The predicted octanol–water partition coefficient (Wildman–Crippen LogP) is 3.89. The van der Waals surface area contributed by atoms with Crippen molar-refractivity contribution in [2.45, 2.75) is 32.6 Å². The second-order valence-corrected chi connectivity index (χ2v) is 7.89. The average molecular weight is 359 g/mol. The van der Waals surface area contributed by atoms with Gasteiger partial charge in [0.2, 0.25) is 5.91 Å². The van der Waals surface area contributed by atoms with Crippen molar-refractivity contribution in [2.24, 2.45) is 5.92 Å². The van der Waals surface area contributed by atoms with E-state index in [0.29, 0.717) is 18.2 Å². The molecule has 2 heterocycles. The van der Waals surface area contributed by atoms with E-state index in [0.717, 1.165) is 29.4 Å². The zero-order valence-electron chi connectivity index (χ0n) is 14.5. The molecule has 2 aliphatic rings. The molecule has 1 saturated heterocycles. The molecule has 1 atom stereocenters. The molecule has 1 aromatic carbocycles. The molecule has 0 N–H and O–H groups in total. The van der Waals surface area contributed by atoms with Crippen molar-refractivity contribution in [3.8, 4) is 6.07 Å². The number of halogens is 1. The molecule has 25 heavy (non-hydrogen) atoms. The van der Waals surface area contributed by atoms with Gasteiger partial charge in [0.05, 0.1) is 29.2 Å². The monoisotopic (exact) mass is 359 g/mol. The lowest BCUT2D eigenvalue weighted by Gasteiger charge is -2.41. The van der Waals surface area contributed by atoms with Crippen LogP contribution in [0, 0.1) is 23.1 Å². The molecular formula is C19H22FN3OS. The summed E-state index contributed by atoms with van der Waals surface area (Å²) in [5.74, 6) is 0.847. The van der Waals surface area contributed by atoms with Gasteiger partial charge in [0.25, 0.3) is 0 Å². The summed E-state index contributed by atoms with van der Waals surface area (Å²) in [6, 6.07) is 8.41. The quantitative estimate of drug-likeness (QED) is 0.818. The summed E-state index contributed by atoms with van der Waals surface area (Å²) in [5.41, 5.74) is 1.45. The number of thioether (sulfide) groups is 1. The van der Waals surface area contributed by atoms with E-state index in [1.165, 1.54) is 12.1 Å². The molecule has 3 rings (SSSR count). The molecular weight excluding hydrogens is 337 g/mol. The molecule has 0 spiro atoms. The number of fused-ring (bicyclic) bond motifs is 1. The highest BCUT2D eigenvalue weighted by Gasteiger charge is 2.38. The van der Waals surface area contributed by atoms with Gasteiger partial charge < -0.3 is 0 Å². The third-order valence-electron chi connectivity index (χ3n) is 4.64. The van der Waals surface area contributed by atoms with Gasteiger partial charge >= 0.3 is 0 Å². The fourth-order valence-corrected chi connectivity index (χ4v) is 4.34. The van der Waals surface area contributed by atoms with Crippen LogP contribution in [0.1, 0.15) is 38.2 Å². The summed E-state index contributed by atoms with van der Waals surface area (Å²) in [4.78, 5) is 16.7. The van der Waals surface area contributed by atoms with Crippen LogP contribution in [0.5, 0.6) is 0 Å². The van der Waals surface area contributed by atoms with E-state index in [1.54, 1.807) is 28.8 Å². The van der Waals surface area contributed by atoms with Crippen LogP contribution in [0.25, 0.3) is 0 Å². The Morgan fingerprint density at radius 1 is 1.36 bits per heavy atom. The Hall–Kier alpha value is -1.84. The third kappa shape index (κ3) is 3.88. The van der Waals surface area contributed by atoms with Crippen LogP contribution in [-0.2, 0) is 4.79 Å². The Morgan fingerprint density at radius 3 is 2.72 bits per heavy atom. The third-order valence-corrected chi connectivity index (χ3v) is 5.85. The fourth-order valence-electron chi connectivity index (χ4n) is 3.17. The molecule has 132 valence electrons. The van der Waals surface area contributed by atoms with Crippen LogP contribution in [-0.4, -0.2) is 34.8 Å². The molecule has 0 radical (unpaired) electrons. The summed E-state index contributed by atoms with van der Waals surface area (Å²) < 4.78 is 13.2. The van der Waals surface area contributed by atoms with Gasteiger partial charge in [-0.3, -0.25) is 14.6 Å². The molecule has 1 amide bonds. The zero-order valence-corrected chi connectivity index (χ0v) is 15.4.